The number of benzene rings is 1. The van der Waals surface area contributed by atoms with Crippen LogP contribution in [-0.4, -0.2) is 22.0 Å². The van der Waals surface area contributed by atoms with Crippen molar-refractivity contribution in [3.8, 4) is 0 Å². The first-order chi connectivity index (χ1) is 13.4. The van der Waals surface area contributed by atoms with E-state index >= 15 is 0 Å². The molecular formula is C20H18N4O2S2. The summed E-state index contributed by atoms with van der Waals surface area (Å²) in [4.78, 5) is 26.9. The van der Waals surface area contributed by atoms with Gasteiger partial charge in [-0.2, -0.15) is 5.10 Å². The molecule has 3 aromatic heterocycles. The van der Waals surface area contributed by atoms with Gasteiger partial charge in [-0.05, 0) is 36.9 Å². The lowest BCUT2D eigenvalue weighted by Crippen LogP contribution is -2.40. The summed E-state index contributed by atoms with van der Waals surface area (Å²) < 4.78 is 0. The lowest BCUT2D eigenvalue weighted by atomic mass is 9.94. The number of hydrogen-bond donors (Lipinski definition) is 3. The van der Waals surface area contributed by atoms with Crippen molar-refractivity contribution in [2.45, 2.75) is 19.4 Å². The van der Waals surface area contributed by atoms with Crippen LogP contribution in [-0.2, 0) is 5.54 Å². The molecule has 0 bridgehead atoms. The van der Waals surface area contributed by atoms with Crippen LogP contribution in [0.1, 0.15) is 38.8 Å². The van der Waals surface area contributed by atoms with Gasteiger partial charge in [0.2, 0.25) is 0 Å². The molecule has 4 rings (SSSR count). The quantitative estimate of drug-likeness (QED) is 0.449. The largest absolute Gasteiger partial charge is 0.342 e. The lowest BCUT2D eigenvalue weighted by molar-refractivity contribution is 0.0915. The molecule has 0 aliphatic heterocycles. The maximum atomic E-state index is 12.8. The molecule has 6 nitrogen and oxygen atoms in total. The number of nitrogens with one attached hydrogen (secondary N) is 3. The van der Waals surface area contributed by atoms with Gasteiger partial charge in [-0.1, -0.05) is 36.4 Å². The molecule has 0 aliphatic carbocycles. The van der Waals surface area contributed by atoms with E-state index in [9.17, 15) is 9.59 Å². The SMILES string of the molecule is CC(C)(NC(=O)c1cc2c(NC(=O)c3cccs3)[nH]nc2s1)c1ccccc1. The van der Waals surface area contributed by atoms with E-state index < -0.39 is 5.54 Å². The molecule has 0 atom stereocenters. The van der Waals surface area contributed by atoms with Gasteiger partial charge in [-0.3, -0.25) is 14.7 Å². The van der Waals surface area contributed by atoms with E-state index in [1.54, 1.807) is 12.1 Å². The zero-order valence-corrected chi connectivity index (χ0v) is 16.9. The molecule has 3 heterocycles. The van der Waals surface area contributed by atoms with E-state index in [1.807, 2.05) is 55.6 Å². The van der Waals surface area contributed by atoms with Gasteiger partial charge in [0.15, 0.2) is 0 Å². The van der Waals surface area contributed by atoms with Crippen LogP contribution in [0.2, 0.25) is 0 Å². The summed E-state index contributed by atoms with van der Waals surface area (Å²) in [6, 6.07) is 15.1. The monoisotopic (exact) mass is 410 g/mol. The Morgan fingerprint density at radius 2 is 1.82 bits per heavy atom. The first-order valence-corrected chi connectivity index (χ1v) is 10.3. The predicted molar refractivity (Wildman–Crippen MR) is 113 cm³/mol. The summed E-state index contributed by atoms with van der Waals surface area (Å²) in [7, 11) is 0. The first-order valence-electron chi connectivity index (χ1n) is 8.65. The highest BCUT2D eigenvalue weighted by atomic mass is 32.1. The van der Waals surface area contributed by atoms with Crippen LogP contribution in [0.15, 0.2) is 53.9 Å². The highest BCUT2D eigenvalue weighted by Crippen LogP contribution is 2.30. The van der Waals surface area contributed by atoms with Gasteiger partial charge in [0, 0.05) is 0 Å². The van der Waals surface area contributed by atoms with Crippen molar-refractivity contribution < 1.29 is 9.59 Å². The Morgan fingerprint density at radius 3 is 2.54 bits per heavy atom. The van der Waals surface area contributed by atoms with E-state index in [4.69, 9.17) is 0 Å². The molecule has 0 aliphatic rings. The predicted octanol–water partition coefficient (Wildman–Crippen LogP) is 4.60. The number of hydrogen-bond acceptors (Lipinski definition) is 5. The summed E-state index contributed by atoms with van der Waals surface area (Å²) in [6.45, 7) is 3.93. The lowest BCUT2D eigenvalue weighted by Gasteiger charge is -2.26. The highest BCUT2D eigenvalue weighted by Gasteiger charge is 2.25. The van der Waals surface area contributed by atoms with Crippen molar-refractivity contribution in [2.75, 3.05) is 5.32 Å². The van der Waals surface area contributed by atoms with E-state index in [-0.39, 0.29) is 11.8 Å². The summed E-state index contributed by atoms with van der Waals surface area (Å²) >= 11 is 2.65. The third kappa shape index (κ3) is 3.56. The summed E-state index contributed by atoms with van der Waals surface area (Å²) in [5, 5.41) is 15.5. The van der Waals surface area contributed by atoms with Crippen LogP contribution >= 0.6 is 22.7 Å². The van der Waals surface area contributed by atoms with Crippen molar-refractivity contribution in [3.63, 3.8) is 0 Å². The Hall–Kier alpha value is -2.97. The molecular weight excluding hydrogens is 392 g/mol. The average Bonchev–Trinajstić information content (AvgIpc) is 3.40. The molecule has 1 aromatic carbocycles. The Labute approximate surface area is 169 Å². The molecule has 8 heteroatoms. The van der Waals surface area contributed by atoms with Crippen molar-refractivity contribution in [3.05, 3.63) is 69.2 Å². The molecule has 0 fully saturated rings. The number of carbonyl (C=O) groups excluding carboxylic acids is 2. The standard InChI is InChI=1S/C20H18N4O2S2/c1-20(2,12-7-4-3-5-8-12)22-18(26)15-11-13-16(23-24-19(13)28-15)21-17(25)14-9-6-10-27-14/h3-11H,1-2H3,(H,22,26)(H2,21,23,24,25). The highest BCUT2D eigenvalue weighted by molar-refractivity contribution is 7.20. The van der Waals surface area contributed by atoms with Crippen molar-refractivity contribution in [1.29, 1.82) is 0 Å². The molecule has 0 saturated heterocycles. The zero-order valence-electron chi connectivity index (χ0n) is 15.3. The fourth-order valence-electron chi connectivity index (χ4n) is 2.87. The number of aromatic amines is 1. The smallest absolute Gasteiger partial charge is 0.266 e. The minimum Gasteiger partial charge on any atom is -0.342 e. The Kier molecular flexibility index (Phi) is 4.74. The normalized spacial score (nSPS) is 11.5. The molecule has 2 amide bonds. The Balaban J connectivity index is 1.54. The molecule has 28 heavy (non-hydrogen) atoms. The van der Waals surface area contributed by atoms with Crippen LogP contribution < -0.4 is 10.6 Å². The number of fused-ring (bicyclic) bond motifs is 1. The fourth-order valence-corrected chi connectivity index (χ4v) is 4.38. The Bertz CT molecular complexity index is 1130. The molecule has 4 aromatic rings. The number of anilines is 1. The Morgan fingerprint density at radius 1 is 1.04 bits per heavy atom. The van der Waals surface area contributed by atoms with Crippen LogP contribution in [0.4, 0.5) is 5.82 Å². The third-order valence-electron chi connectivity index (χ3n) is 4.38. The van der Waals surface area contributed by atoms with Crippen LogP contribution in [0.3, 0.4) is 0 Å². The number of amides is 2. The number of carbonyl (C=O) groups is 2. The maximum Gasteiger partial charge on any atom is 0.266 e. The van der Waals surface area contributed by atoms with Crippen LogP contribution in [0, 0.1) is 0 Å². The number of thiophene rings is 2. The minimum atomic E-state index is -0.512. The molecule has 142 valence electrons. The van der Waals surface area contributed by atoms with Gasteiger partial charge in [-0.15, -0.1) is 22.7 Å². The van der Waals surface area contributed by atoms with Gasteiger partial charge < -0.3 is 10.6 Å². The number of H-pyrrole nitrogens is 1. The van der Waals surface area contributed by atoms with Crippen LogP contribution in [0.25, 0.3) is 10.2 Å². The molecule has 0 radical (unpaired) electrons. The number of nitrogens with zero attached hydrogens (tertiary/aromatic N) is 1. The molecule has 0 unspecified atom stereocenters. The second-order valence-corrected chi connectivity index (χ2v) is 8.78. The summed E-state index contributed by atoms with van der Waals surface area (Å²) in [6.07, 6.45) is 0. The van der Waals surface area contributed by atoms with Crippen LogP contribution in [0.5, 0.6) is 0 Å². The van der Waals surface area contributed by atoms with Crippen molar-refractivity contribution >= 4 is 50.5 Å². The summed E-state index contributed by atoms with van der Waals surface area (Å²) in [5.41, 5.74) is 0.511. The number of aromatic nitrogens is 2. The minimum absolute atomic E-state index is 0.174. The van der Waals surface area contributed by atoms with E-state index in [2.05, 4.69) is 20.8 Å². The molecule has 3 N–H and O–H groups in total. The average molecular weight is 411 g/mol. The summed E-state index contributed by atoms with van der Waals surface area (Å²) in [5.74, 6) is 0.112. The van der Waals surface area contributed by atoms with Gasteiger partial charge in [0.05, 0.1) is 20.7 Å². The second kappa shape index (κ2) is 7.21. The fraction of sp³-hybridized carbons (Fsp3) is 0.150. The van der Waals surface area contributed by atoms with Crippen molar-refractivity contribution in [2.24, 2.45) is 0 Å². The first kappa shape index (κ1) is 18.4. The van der Waals surface area contributed by atoms with Gasteiger partial charge in [0.25, 0.3) is 11.8 Å². The van der Waals surface area contributed by atoms with Crippen molar-refractivity contribution in [1.82, 2.24) is 15.5 Å². The second-order valence-electron chi connectivity index (χ2n) is 6.80. The third-order valence-corrected chi connectivity index (χ3v) is 6.28. The maximum absolute atomic E-state index is 12.8. The zero-order chi connectivity index (χ0) is 19.7. The van der Waals surface area contributed by atoms with E-state index in [1.165, 1.54) is 22.7 Å². The van der Waals surface area contributed by atoms with Gasteiger partial charge >= 0.3 is 0 Å². The molecule has 0 saturated carbocycles. The van der Waals surface area contributed by atoms with E-state index in [0.29, 0.717) is 20.4 Å². The van der Waals surface area contributed by atoms with E-state index in [0.717, 1.165) is 10.9 Å². The topological polar surface area (TPSA) is 86.9 Å². The van der Waals surface area contributed by atoms with Gasteiger partial charge in [0.1, 0.15) is 10.6 Å². The molecule has 0 spiro atoms. The van der Waals surface area contributed by atoms with Gasteiger partial charge in [-0.25, -0.2) is 0 Å². The number of rotatable bonds is 5.